The molecule has 1 fully saturated rings. The third-order valence-corrected chi connectivity index (χ3v) is 6.81. The van der Waals surface area contributed by atoms with Crippen LogP contribution in [0.15, 0.2) is 70.2 Å². The van der Waals surface area contributed by atoms with Gasteiger partial charge in [0.25, 0.3) is 0 Å². The van der Waals surface area contributed by atoms with E-state index in [1.54, 1.807) is 12.3 Å². The van der Waals surface area contributed by atoms with Crippen LogP contribution < -0.4 is 0 Å². The zero-order chi connectivity index (χ0) is 18.9. The number of benzene rings is 2. The van der Waals surface area contributed by atoms with Crippen molar-refractivity contribution in [1.82, 2.24) is 4.31 Å². The average Bonchev–Trinajstić information content (AvgIpc) is 3.20. The molecule has 2 heterocycles. The van der Waals surface area contributed by atoms with Gasteiger partial charge in [0.1, 0.15) is 5.76 Å². The fourth-order valence-electron chi connectivity index (χ4n) is 3.23. The van der Waals surface area contributed by atoms with Gasteiger partial charge < -0.3 is 9.15 Å². The quantitative estimate of drug-likeness (QED) is 0.685. The number of hydrogen-bond acceptors (Lipinski definition) is 4. The highest BCUT2D eigenvalue weighted by molar-refractivity contribution is 7.89. The number of furan rings is 1. The predicted octanol–water partition coefficient (Wildman–Crippen LogP) is 3.94. The van der Waals surface area contributed by atoms with E-state index in [0.29, 0.717) is 31.2 Å². The monoisotopic (exact) mass is 383 g/mol. The van der Waals surface area contributed by atoms with Crippen LogP contribution in [0, 0.1) is 6.92 Å². The van der Waals surface area contributed by atoms with Crippen LogP contribution in [0.5, 0.6) is 0 Å². The number of morpholine rings is 1. The number of nitrogens with zero attached hydrogens (tertiary/aromatic N) is 1. The summed E-state index contributed by atoms with van der Waals surface area (Å²) in [6.45, 7) is 3.45. The second kappa shape index (κ2) is 7.31. The molecule has 1 aliphatic rings. The smallest absolute Gasteiger partial charge is 0.243 e. The summed E-state index contributed by atoms with van der Waals surface area (Å²) in [5.41, 5.74) is 3.39. The minimum atomic E-state index is -3.55. The van der Waals surface area contributed by atoms with Crippen LogP contribution in [0.3, 0.4) is 0 Å². The van der Waals surface area contributed by atoms with E-state index in [2.05, 4.69) is 0 Å². The summed E-state index contributed by atoms with van der Waals surface area (Å²) in [5, 5.41) is 0. The second-order valence-electron chi connectivity index (χ2n) is 6.56. The summed E-state index contributed by atoms with van der Waals surface area (Å²) < 4.78 is 38.6. The number of sulfonamides is 1. The molecular formula is C21H21NO4S. The van der Waals surface area contributed by atoms with Gasteiger partial charge in [0.2, 0.25) is 10.0 Å². The van der Waals surface area contributed by atoms with Gasteiger partial charge in [-0.15, -0.1) is 0 Å². The van der Waals surface area contributed by atoms with Crippen LogP contribution in [0.1, 0.15) is 5.56 Å². The van der Waals surface area contributed by atoms with Gasteiger partial charge in [-0.3, -0.25) is 0 Å². The molecule has 0 aliphatic carbocycles. The molecule has 1 aliphatic heterocycles. The Morgan fingerprint density at radius 3 is 2.37 bits per heavy atom. The summed E-state index contributed by atoms with van der Waals surface area (Å²) in [4.78, 5) is 0.337. The molecule has 0 atom stereocenters. The van der Waals surface area contributed by atoms with Crippen molar-refractivity contribution in [3.8, 4) is 22.5 Å². The van der Waals surface area contributed by atoms with Crippen LogP contribution in [0.4, 0.5) is 0 Å². The molecule has 1 saturated heterocycles. The maximum absolute atomic E-state index is 13.1. The number of aryl methyl sites for hydroxylation is 1. The molecule has 0 saturated carbocycles. The van der Waals surface area contributed by atoms with E-state index in [0.717, 1.165) is 28.0 Å². The van der Waals surface area contributed by atoms with Crippen LogP contribution in [0.25, 0.3) is 22.5 Å². The number of rotatable bonds is 4. The van der Waals surface area contributed by atoms with Crippen molar-refractivity contribution in [1.29, 1.82) is 0 Å². The van der Waals surface area contributed by atoms with Crippen LogP contribution in [-0.2, 0) is 14.8 Å². The standard InChI is InChI=1S/C21H21NO4S/c1-16-7-8-18(14-21(16)27(23,24)22-9-11-25-12-10-22)19-13-20(26-15-19)17-5-3-2-4-6-17/h2-8,13-15H,9-12H2,1H3. The second-order valence-corrected chi connectivity index (χ2v) is 8.47. The SMILES string of the molecule is Cc1ccc(-c2coc(-c3ccccc3)c2)cc1S(=O)(=O)N1CCOCC1. The number of ether oxygens (including phenoxy) is 1. The molecular weight excluding hydrogens is 362 g/mol. The molecule has 0 bridgehead atoms. The molecule has 0 unspecified atom stereocenters. The Morgan fingerprint density at radius 2 is 1.63 bits per heavy atom. The first-order chi connectivity index (χ1) is 13.1. The van der Waals surface area contributed by atoms with E-state index < -0.39 is 10.0 Å². The van der Waals surface area contributed by atoms with Gasteiger partial charge in [-0.1, -0.05) is 42.5 Å². The Hall–Kier alpha value is -2.41. The molecule has 0 N–H and O–H groups in total. The maximum Gasteiger partial charge on any atom is 0.243 e. The molecule has 140 valence electrons. The summed E-state index contributed by atoms with van der Waals surface area (Å²) in [7, 11) is -3.55. The molecule has 0 radical (unpaired) electrons. The van der Waals surface area contributed by atoms with E-state index in [4.69, 9.17) is 9.15 Å². The first kappa shape index (κ1) is 18.0. The lowest BCUT2D eigenvalue weighted by atomic mass is 10.1. The van der Waals surface area contributed by atoms with Gasteiger partial charge in [-0.05, 0) is 30.2 Å². The van der Waals surface area contributed by atoms with E-state index in [1.165, 1.54) is 4.31 Å². The van der Waals surface area contributed by atoms with Crippen molar-refractivity contribution in [2.75, 3.05) is 26.3 Å². The van der Waals surface area contributed by atoms with E-state index >= 15 is 0 Å². The Balaban J connectivity index is 1.70. The minimum absolute atomic E-state index is 0.337. The fourth-order valence-corrected chi connectivity index (χ4v) is 4.88. The largest absolute Gasteiger partial charge is 0.464 e. The third-order valence-electron chi connectivity index (χ3n) is 4.77. The van der Waals surface area contributed by atoms with Gasteiger partial charge in [0, 0.05) is 24.2 Å². The van der Waals surface area contributed by atoms with E-state index in [1.807, 2.05) is 55.5 Å². The molecule has 27 heavy (non-hydrogen) atoms. The molecule has 0 spiro atoms. The third kappa shape index (κ3) is 3.56. The Bertz CT molecular complexity index is 1040. The first-order valence-electron chi connectivity index (χ1n) is 8.88. The van der Waals surface area contributed by atoms with E-state index in [-0.39, 0.29) is 0 Å². The van der Waals surface area contributed by atoms with Gasteiger partial charge in [-0.2, -0.15) is 4.31 Å². The van der Waals surface area contributed by atoms with Crippen LogP contribution >= 0.6 is 0 Å². The normalized spacial score (nSPS) is 15.7. The average molecular weight is 383 g/mol. The molecule has 2 aromatic carbocycles. The molecule has 3 aromatic rings. The zero-order valence-electron chi connectivity index (χ0n) is 15.1. The van der Waals surface area contributed by atoms with Crippen LogP contribution in [-0.4, -0.2) is 39.0 Å². The highest BCUT2D eigenvalue weighted by Gasteiger charge is 2.28. The lowest BCUT2D eigenvalue weighted by Gasteiger charge is -2.26. The molecule has 4 rings (SSSR count). The Kier molecular flexibility index (Phi) is 4.86. The Morgan fingerprint density at radius 1 is 0.889 bits per heavy atom. The van der Waals surface area contributed by atoms with Gasteiger partial charge in [0.15, 0.2) is 0 Å². The van der Waals surface area contributed by atoms with Crippen molar-refractivity contribution in [3.05, 3.63) is 66.4 Å². The lowest BCUT2D eigenvalue weighted by Crippen LogP contribution is -2.40. The fraction of sp³-hybridized carbons (Fsp3) is 0.238. The summed E-state index contributed by atoms with van der Waals surface area (Å²) in [6, 6.07) is 17.3. The van der Waals surface area contributed by atoms with E-state index in [9.17, 15) is 8.42 Å². The van der Waals surface area contributed by atoms with Gasteiger partial charge >= 0.3 is 0 Å². The van der Waals surface area contributed by atoms with Crippen molar-refractivity contribution in [2.24, 2.45) is 0 Å². The maximum atomic E-state index is 13.1. The summed E-state index contributed by atoms with van der Waals surface area (Å²) in [6.07, 6.45) is 1.66. The van der Waals surface area contributed by atoms with Gasteiger partial charge in [-0.25, -0.2) is 8.42 Å². The van der Waals surface area contributed by atoms with Crippen molar-refractivity contribution in [2.45, 2.75) is 11.8 Å². The highest BCUT2D eigenvalue weighted by atomic mass is 32.2. The number of hydrogen-bond donors (Lipinski definition) is 0. The Labute approximate surface area is 159 Å². The predicted molar refractivity (Wildman–Crippen MR) is 104 cm³/mol. The van der Waals surface area contributed by atoms with Crippen molar-refractivity contribution < 1.29 is 17.6 Å². The molecule has 5 nitrogen and oxygen atoms in total. The van der Waals surface area contributed by atoms with Crippen LogP contribution in [0.2, 0.25) is 0 Å². The summed E-state index contributed by atoms with van der Waals surface area (Å²) >= 11 is 0. The van der Waals surface area contributed by atoms with Crippen molar-refractivity contribution >= 4 is 10.0 Å². The highest BCUT2D eigenvalue weighted by Crippen LogP contribution is 2.31. The first-order valence-corrected chi connectivity index (χ1v) is 10.3. The molecule has 1 aromatic heterocycles. The zero-order valence-corrected chi connectivity index (χ0v) is 15.9. The lowest BCUT2D eigenvalue weighted by molar-refractivity contribution is 0.0730. The minimum Gasteiger partial charge on any atom is -0.464 e. The van der Waals surface area contributed by atoms with Gasteiger partial charge in [0.05, 0.1) is 24.4 Å². The van der Waals surface area contributed by atoms with Crippen molar-refractivity contribution in [3.63, 3.8) is 0 Å². The molecule has 6 heteroatoms. The summed E-state index contributed by atoms with van der Waals surface area (Å²) in [5.74, 6) is 0.753. The topological polar surface area (TPSA) is 59.8 Å². The molecule has 0 amide bonds.